The number of benzene rings is 3. The summed E-state index contributed by atoms with van der Waals surface area (Å²) in [6, 6.07) is 23.5. The second-order valence-electron chi connectivity index (χ2n) is 6.68. The lowest BCUT2D eigenvalue weighted by molar-refractivity contribution is 0.340. The minimum Gasteiger partial charge on any atom is -0.494 e. The number of nitrogens with zero attached hydrogens (tertiary/aromatic N) is 2. The fraction of sp³-hybridized carbons (Fsp3) is 0.130. The zero-order valence-electron chi connectivity index (χ0n) is 16.4. The average molecular weight is 420 g/mol. The van der Waals surface area contributed by atoms with Gasteiger partial charge in [0.05, 0.1) is 28.2 Å². The summed E-state index contributed by atoms with van der Waals surface area (Å²) in [5.74, 6) is 0.846. The van der Waals surface area contributed by atoms with Gasteiger partial charge in [0.1, 0.15) is 5.75 Å². The van der Waals surface area contributed by atoms with Crippen LogP contribution in [0.4, 0.5) is 5.82 Å². The molecule has 4 aromatic rings. The van der Waals surface area contributed by atoms with E-state index in [-0.39, 0.29) is 10.7 Å². The normalized spacial score (nSPS) is 11.4. The average Bonchev–Trinajstić information content (AvgIpc) is 2.75. The molecule has 4 rings (SSSR count). The van der Waals surface area contributed by atoms with Gasteiger partial charge in [0.15, 0.2) is 5.82 Å². The molecule has 1 heterocycles. The Labute approximate surface area is 175 Å². The highest BCUT2D eigenvalue weighted by Crippen LogP contribution is 2.24. The highest BCUT2D eigenvalue weighted by Gasteiger charge is 2.19. The van der Waals surface area contributed by atoms with E-state index >= 15 is 0 Å². The molecule has 0 fully saturated rings. The topological polar surface area (TPSA) is 81.2 Å². The van der Waals surface area contributed by atoms with Crippen molar-refractivity contribution < 1.29 is 13.2 Å². The lowest BCUT2D eigenvalue weighted by Crippen LogP contribution is -2.16. The van der Waals surface area contributed by atoms with Crippen molar-refractivity contribution in [3.05, 3.63) is 90.1 Å². The fourth-order valence-corrected chi connectivity index (χ4v) is 4.13. The van der Waals surface area contributed by atoms with Crippen LogP contribution in [-0.4, -0.2) is 25.0 Å². The quantitative estimate of drug-likeness (QED) is 0.480. The van der Waals surface area contributed by atoms with Gasteiger partial charge in [-0.2, -0.15) is 0 Å². The maximum Gasteiger partial charge on any atom is 0.263 e. The maximum absolute atomic E-state index is 13.0. The van der Waals surface area contributed by atoms with Crippen LogP contribution in [0, 0.1) is 0 Å². The van der Waals surface area contributed by atoms with Crippen LogP contribution in [0.15, 0.2) is 83.8 Å². The Bertz CT molecular complexity index is 1260. The molecular formula is C23H21N3O3S. The lowest BCUT2D eigenvalue weighted by atomic mass is 10.1. The molecule has 0 saturated carbocycles. The second kappa shape index (κ2) is 8.51. The monoisotopic (exact) mass is 419 g/mol. The number of ether oxygens (including phenoxy) is 1. The van der Waals surface area contributed by atoms with E-state index in [0.717, 1.165) is 5.56 Å². The summed E-state index contributed by atoms with van der Waals surface area (Å²) >= 11 is 0. The van der Waals surface area contributed by atoms with Gasteiger partial charge in [-0.25, -0.2) is 18.4 Å². The van der Waals surface area contributed by atoms with Gasteiger partial charge in [-0.1, -0.05) is 42.5 Å². The fourth-order valence-electron chi connectivity index (χ4n) is 3.10. The number of sulfonamides is 1. The van der Waals surface area contributed by atoms with E-state index in [9.17, 15) is 8.42 Å². The van der Waals surface area contributed by atoms with Crippen LogP contribution in [0.25, 0.3) is 11.0 Å². The van der Waals surface area contributed by atoms with E-state index in [1.54, 1.807) is 12.1 Å². The van der Waals surface area contributed by atoms with E-state index in [1.807, 2.05) is 61.5 Å². The largest absolute Gasteiger partial charge is 0.494 e. The lowest BCUT2D eigenvalue weighted by Gasteiger charge is -2.13. The van der Waals surface area contributed by atoms with Crippen molar-refractivity contribution in [2.24, 2.45) is 0 Å². The third kappa shape index (κ3) is 4.41. The molecule has 0 unspecified atom stereocenters. The van der Waals surface area contributed by atoms with Crippen LogP contribution >= 0.6 is 0 Å². The Kier molecular flexibility index (Phi) is 5.63. The van der Waals surface area contributed by atoms with Gasteiger partial charge in [-0.15, -0.1) is 0 Å². The van der Waals surface area contributed by atoms with E-state index in [4.69, 9.17) is 4.74 Å². The highest BCUT2D eigenvalue weighted by molar-refractivity contribution is 7.92. The number of anilines is 1. The summed E-state index contributed by atoms with van der Waals surface area (Å²) in [5.41, 5.74) is 2.92. The van der Waals surface area contributed by atoms with Gasteiger partial charge in [0, 0.05) is 6.42 Å². The summed E-state index contributed by atoms with van der Waals surface area (Å²) in [4.78, 5) is 9.36. The van der Waals surface area contributed by atoms with Crippen molar-refractivity contribution in [1.82, 2.24) is 9.97 Å². The molecule has 3 aromatic carbocycles. The number of hydrogen-bond acceptors (Lipinski definition) is 5. The van der Waals surface area contributed by atoms with Gasteiger partial charge in [0.25, 0.3) is 10.0 Å². The zero-order valence-corrected chi connectivity index (χ0v) is 17.3. The number of hydrogen-bond donors (Lipinski definition) is 1. The Morgan fingerprint density at radius 1 is 0.833 bits per heavy atom. The molecule has 0 aliphatic rings. The Balaban J connectivity index is 1.72. The minimum absolute atomic E-state index is 0.131. The first-order valence-corrected chi connectivity index (χ1v) is 11.1. The standard InChI is InChI=1S/C23H21N3O3S/c1-2-29-18-12-14-19(15-13-18)30(27,28)26-23-22(16-17-8-4-3-5-9-17)24-20-10-6-7-11-21(20)25-23/h3-15H,2,16H2,1H3,(H,25,26). The highest BCUT2D eigenvalue weighted by atomic mass is 32.2. The first kappa shape index (κ1) is 19.8. The zero-order chi connectivity index (χ0) is 21.0. The predicted molar refractivity (Wildman–Crippen MR) is 117 cm³/mol. The third-order valence-corrected chi connectivity index (χ3v) is 5.89. The van der Waals surface area contributed by atoms with Crippen molar-refractivity contribution in [3.63, 3.8) is 0 Å². The number of fused-ring (bicyclic) bond motifs is 1. The van der Waals surface area contributed by atoms with Gasteiger partial charge in [-0.05, 0) is 48.9 Å². The van der Waals surface area contributed by atoms with E-state index in [1.165, 1.54) is 12.1 Å². The van der Waals surface area contributed by atoms with Crippen LogP contribution in [-0.2, 0) is 16.4 Å². The van der Waals surface area contributed by atoms with Gasteiger partial charge in [-0.3, -0.25) is 4.72 Å². The van der Waals surface area contributed by atoms with Crippen LogP contribution in [0.1, 0.15) is 18.2 Å². The van der Waals surface area contributed by atoms with E-state index < -0.39 is 10.0 Å². The molecule has 1 aromatic heterocycles. The van der Waals surface area contributed by atoms with Crippen molar-refractivity contribution in [2.45, 2.75) is 18.2 Å². The van der Waals surface area contributed by atoms with Crippen molar-refractivity contribution in [2.75, 3.05) is 11.3 Å². The summed E-state index contributed by atoms with van der Waals surface area (Å²) < 4.78 is 34.0. The molecule has 0 spiro atoms. The Morgan fingerprint density at radius 2 is 1.47 bits per heavy atom. The minimum atomic E-state index is -3.84. The molecule has 0 atom stereocenters. The molecule has 0 radical (unpaired) electrons. The molecule has 6 nitrogen and oxygen atoms in total. The first-order chi connectivity index (χ1) is 14.5. The molecule has 0 bridgehead atoms. The van der Waals surface area contributed by atoms with Crippen molar-refractivity contribution >= 4 is 26.9 Å². The predicted octanol–water partition coefficient (Wildman–Crippen LogP) is 4.42. The van der Waals surface area contributed by atoms with Crippen LogP contribution in [0.2, 0.25) is 0 Å². The number of rotatable bonds is 7. The molecule has 0 aliphatic heterocycles. The molecule has 0 saturated heterocycles. The number of para-hydroxylation sites is 2. The summed E-state index contributed by atoms with van der Waals surface area (Å²) in [7, 11) is -3.84. The smallest absolute Gasteiger partial charge is 0.263 e. The van der Waals surface area contributed by atoms with Gasteiger partial charge >= 0.3 is 0 Å². The van der Waals surface area contributed by atoms with Crippen molar-refractivity contribution in [1.29, 1.82) is 0 Å². The number of nitrogens with one attached hydrogen (secondary N) is 1. The Morgan fingerprint density at radius 3 is 2.13 bits per heavy atom. The van der Waals surface area contributed by atoms with Gasteiger partial charge in [0.2, 0.25) is 0 Å². The van der Waals surface area contributed by atoms with E-state index in [2.05, 4.69) is 14.7 Å². The summed E-state index contributed by atoms with van der Waals surface area (Å²) in [6.45, 7) is 2.39. The van der Waals surface area contributed by atoms with Crippen LogP contribution < -0.4 is 9.46 Å². The third-order valence-electron chi connectivity index (χ3n) is 4.53. The maximum atomic E-state index is 13.0. The molecule has 7 heteroatoms. The van der Waals surface area contributed by atoms with E-state index in [0.29, 0.717) is 35.5 Å². The molecule has 0 amide bonds. The summed E-state index contributed by atoms with van der Waals surface area (Å²) in [6.07, 6.45) is 0.458. The Hall–Kier alpha value is -3.45. The first-order valence-electron chi connectivity index (χ1n) is 9.60. The SMILES string of the molecule is CCOc1ccc(S(=O)(=O)Nc2nc3ccccc3nc2Cc2ccccc2)cc1. The molecular weight excluding hydrogens is 398 g/mol. The van der Waals surface area contributed by atoms with Crippen molar-refractivity contribution in [3.8, 4) is 5.75 Å². The summed E-state index contributed by atoms with van der Waals surface area (Å²) in [5, 5.41) is 0. The van der Waals surface area contributed by atoms with Crippen LogP contribution in [0.5, 0.6) is 5.75 Å². The molecule has 30 heavy (non-hydrogen) atoms. The molecule has 152 valence electrons. The second-order valence-corrected chi connectivity index (χ2v) is 8.36. The van der Waals surface area contributed by atoms with Gasteiger partial charge < -0.3 is 4.74 Å². The molecule has 1 N–H and O–H groups in total. The molecule has 0 aliphatic carbocycles. The number of aromatic nitrogens is 2. The van der Waals surface area contributed by atoms with Crippen LogP contribution in [0.3, 0.4) is 0 Å².